The van der Waals surface area contributed by atoms with Gasteiger partial charge in [0.05, 0.1) is 5.56 Å². The molecule has 1 N–H and O–H groups in total. The van der Waals surface area contributed by atoms with Crippen LogP contribution in [0, 0.1) is 11.3 Å². The van der Waals surface area contributed by atoms with E-state index in [0.29, 0.717) is 22.1 Å². The molecular formula is C18H16N2O3S. The second kappa shape index (κ2) is 5.84. The maximum Gasteiger partial charge on any atom is 0.270 e. The normalized spacial score (nSPS) is 21.0. The lowest BCUT2D eigenvalue weighted by molar-refractivity contribution is -0.127. The van der Waals surface area contributed by atoms with E-state index in [1.807, 2.05) is 18.2 Å². The van der Waals surface area contributed by atoms with Crippen LogP contribution in [0.1, 0.15) is 29.3 Å². The number of aryl methyl sites for hydroxylation is 1. The van der Waals surface area contributed by atoms with Crippen LogP contribution in [0.15, 0.2) is 24.3 Å². The summed E-state index contributed by atoms with van der Waals surface area (Å²) < 4.78 is 11.6. The molecule has 0 saturated heterocycles. The first-order valence-corrected chi connectivity index (χ1v) is 8.77. The number of nitriles is 1. The minimum absolute atomic E-state index is 0.284. The van der Waals surface area contributed by atoms with Gasteiger partial charge in [0.2, 0.25) is 6.10 Å². The van der Waals surface area contributed by atoms with E-state index in [-0.39, 0.29) is 5.91 Å². The van der Waals surface area contributed by atoms with Crippen molar-refractivity contribution in [2.75, 3.05) is 5.32 Å². The Hall–Kier alpha value is -2.52. The second-order valence-corrected chi connectivity index (χ2v) is 7.08. The summed E-state index contributed by atoms with van der Waals surface area (Å²) in [6.07, 6.45) is 1.83. The number of anilines is 1. The van der Waals surface area contributed by atoms with Crippen LogP contribution in [0.5, 0.6) is 11.5 Å². The Morgan fingerprint density at radius 1 is 1.29 bits per heavy atom. The van der Waals surface area contributed by atoms with Crippen molar-refractivity contribution >= 4 is 22.2 Å². The molecule has 5 nitrogen and oxygen atoms in total. The summed E-state index contributed by atoms with van der Waals surface area (Å²) in [5.41, 5.74) is 1.70. The van der Waals surface area contributed by atoms with Gasteiger partial charge in [0.25, 0.3) is 5.91 Å². The van der Waals surface area contributed by atoms with E-state index in [1.54, 1.807) is 13.0 Å². The number of carbonyl (C=O) groups excluding carboxylic acids is 1. The summed E-state index contributed by atoms with van der Waals surface area (Å²) in [5.74, 6) is 0.917. The summed E-state index contributed by atoms with van der Waals surface area (Å²) >= 11 is 1.50. The SMILES string of the molecule is CC1Oc2ccccc2OC1C(=O)Nc1sc2c(c1C#N)CCC2. The molecule has 0 saturated carbocycles. The number of nitrogens with zero attached hydrogens (tertiary/aromatic N) is 1. The standard InChI is InChI=1S/C18H16N2O3S/c1-10-16(23-14-7-3-2-6-13(14)22-10)17(21)20-18-12(9-19)11-5-4-8-15(11)24-18/h2-3,6-7,10,16H,4-5,8H2,1H3,(H,20,21). The fourth-order valence-corrected chi connectivity index (χ4v) is 4.44. The Balaban J connectivity index is 1.56. The number of thiophene rings is 1. The van der Waals surface area contributed by atoms with Crippen LogP contribution in [-0.2, 0) is 17.6 Å². The lowest BCUT2D eigenvalue weighted by atomic mass is 10.1. The van der Waals surface area contributed by atoms with Gasteiger partial charge in [-0.1, -0.05) is 12.1 Å². The molecule has 0 bridgehead atoms. The van der Waals surface area contributed by atoms with Gasteiger partial charge in [-0.2, -0.15) is 5.26 Å². The molecule has 24 heavy (non-hydrogen) atoms. The number of carbonyl (C=O) groups is 1. The minimum atomic E-state index is -0.747. The molecule has 0 fully saturated rings. The molecule has 2 unspecified atom stereocenters. The van der Waals surface area contributed by atoms with Gasteiger partial charge in [-0.3, -0.25) is 4.79 Å². The van der Waals surface area contributed by atoms with Gasteiger partial charge in [-0.05, 0) is 43.9 Å². The van der Waals surface area contributed by atoms with Crippen LogP contribution >= 0.6 is 11.3 Å². The van der Waals surface area contributed by atoms with Crippen LogP contribution in [-0.4, -0.2) is 18.1 Å². The maximum atomic E-state index is 12.7. The fourth-order valence-electron chi connectivity index (χ4n) is 3.20. The molecule has 2 aliphatic rings. The van der Waals surface area contributed by atoms with Crippen molar-refractivity contribution in [2.45, 2.75) is 38.4 Å². The van der Waals surface area contributed by atoms with Crippen molar-refractivity contribution in [1.82, 2.24) is 0 Å². The Kier molecular flexibility index (Phi) is 3.66. The Morgan fingerprint density at radius 2 is 2.04 bits per heavy atom. The number of hydrogen-bond donors (Lipinski definition) is 1. The quantitative estimate of drug-likeness (QED) is 0.911. The van der Waals surface area contributed by atoms with Gasteiger partial charge >= 0.3 is 0 Å². The number of amides is 1. The maximum absolute atomic E-state index is 12.7. The zero-order valence-electron chi connectivity index (χ0n) is 13.2. The molecule has 1 amide bonds. The highest BCUT2D eigenvalue weighted by Crippen LogP contribution is 2.39. The Labute approximate surface area is 143 Å². The third kappa shape index (κ3) is 2.42. The molecule has 2 atom stereocenters. The number of para-hydroxylation sites is 2. The highest BCUT2D eigenvalue weighted by Gasteiger charge is 2.35. The van der Waals surface area contributed by atoms with Gasteiger partial charge < -0.3 is 14.8 Å². The lowest BCUT2D eigenvalue weighted by Gasteiger charge is -2.30. The first kappa shape index (κ1) is 15.0. The van der Waals surface area contributed by atoms with E-state index in [9.17, 15) is 10.1 Å². The molecule has 0 radical (unpaired) electrons. The van der Waals surface area contributed by atoms with Crippen LogP contribution in [0.25, 0.3) is 0 Å². The molecule has 4 rings (SSSR count). The van der Waals surface area contributed by atoms with Crippen LogP contribution in [0.2, 0.25) is 0 Å². The minimum Gasteiger partial charge on any atom is -0.482 e. The summed E-state index contributed by atoms with van der Waals surface area (Å²) in [6, 6.07) is 9.53. The molecule has 122 valence electrons. The van der Waals surface area contributed by atoms with Crippen molar-refractivity contribution in [2.24, 2.45) is 0 Å². The van der Waals surface area contributed by atoms with E-state index in [0.717, 1.165) is 24.8 Å². The third-order valence-electron chi connectivity index (χ3n) is 4.37. The van der Waals surface area contributed by atoms with E-state index >= 15 is 0 Å². The van der Waals surface area contributed by atoms with Crippen molar-refractivity contribution in [1.29, 1.82) is 5.26 Å². The molecule has 6 heteroatoms. The zero-order chi connectivity index (χ0) is 16.7. The number of ether oxygens (including phenoxy) is 2. The third-order valence-corrected chi connectivity index (χ3v) is 5.58. The number of hydrogen-bond acceptors (Lipinski definition) is 5. The Bertz CT molecular complexity index is 852. The van der Waals surface area contributed by atoms with E-state index < -0.39 is 12.2 Å². The average molecular weight is 340 g/mol. The number of fused-ring (bicyclic) bond motifs is 2. The van der Waals surface area contributed by atoms with Crippen molar-refractivity contribution in [3.63, 3.8) is 0 Å². The molecule has 1 aromatic carbocycles. The average Bonchev–Trinajstić information content (AvgIpc) is 3.14. The molecule has 0 spiro atoms. The highest BCUT2D eigenvalue weighted by molar-refractivity contribution is 7.16. The molecule has 2 aromatic rings. The molecular weight excluding hydrogens is 324 g/mol. The van der Waals surface area contributed by atoms with Gasteiger partial charge in [-0.25, -0.2) is 0 Å². The van der Waals surface area contributed by atoms with Gasteiger partial charge in [0.1, 0.15) is 17.2 Å². The molecule has 1 aliphatic heterocycles. The van der Waals surface area contributed by atoms with Gasteiger partial charge in [0.15, 0.2) is 11.5 Å². The monoisotopic (exact) mass is 340 g/mol. The smallest absolute Gasteiger partial charge is 0.270 e. The van der Waals surface area contributed by atoms with Crippen molar-refractivity contribution < 1.29 is 14.3 Å². The molecule has 1 aliphatic carbocycles. The first-order chi connectivity index (χ1) is 11.7. The largest absolute Gasteiger partial charge is 0.482 e. The first-order valence-electron chi connectivity index (χ1n) is 7.95. The summed E-state index contributed by atoms with van der Waals surface area (Å²) in [5, 5.41) is 12.9. The van der Waals surface area contributed by atoms with Crippen molar-refractivity contribution in [3.8, 4) is 17.6 Å². The molecule has 1 aromatic heterocycles. The summed E-state index contributed by atoms with van der Waals surface area (Å²) in [7, 11) is 0. The highest BCUT2D eigenvalue weighted by atomic mass is 32.1. The van der Waals surface area contributed by atoms with Gasteiger partial charge in [-0.15, -0.1) is 11.3 Å². The summed E-state index contributed by atoms with van der Waals surface area (Å²) in [6.45, 7) is 1.81. The van der Waals surface area contributed by atoms with Crippen molar-refractivity contribution in [3.05, 3.63) is 40.3 Å². The van der Waals surface area contributed by atoms with E-state index in [2.05, 4.69) is 11.4 Å². The van der Waals surface area contributed by atoms with E-state index in [1.165, 1.54) is 16.2 Å². The fraction of sp³-hybridized carbons (Fsp3) is 0.333. The Morgan fingerprint density at radius 3 is 2.79 bits per heavy atom. The zero-order valence-corrected chi connectivity index (χ0v) is 14.0. The number of nitrogens with one attached hydrogen (secondary N) is 1. The van der Waals surface area contributed by atoms with Gasteiger partial charge in [0, 0.05) is 4.88 Å². The number of benzene rings is 1. The van der Waals surface area contributed by atoms with Crippen LogP contribution in [0.3, 0.4) is 0 Å². The van der Waals surface area contributed by atoms with E-state index in [4.69, 9.17) is 9.47 Å². The molecule has 2 heterocycles. The predicted molar refractivity (Wildman–Crippen MR) is 90.6 cm³/mol. The summed E-state index contributed by atoms with van der Waals surface area (Å²) in [4.78, 5) is 13.9. The van der Waals surface area contributed by atoms with Crippen LogP contribution in [0.4, 0.5) is 5.00 Å². The van der Waals surface area contributed by atoms with Crippen LogP contribution < -0.4 is 14.8 Å². The number of rotatable bonds is 2. The topological polar surface area (TPSA) is 71.3 Å². The predicted octanol–water partition coefficient (Wildman–Crippen LogP) is 3.28. The lowest BCUT2D eigenvalue weighted by Crippen LogP contribution is -2.46. The second-order valence-electron chi connectivity index (χ2n) is 5.97.